The molecule has 0 aliphatic heterocycles. The topological polar surface area (TPSA) is 58.2 Å². The Morgan fingerprint density at radius 2 is 2.00 bits per heavy atom. The van der Waals surface area contributed by atoms with Crippen LogP contribution in [0, 0.1) is 0 Å². The first-order chi connectivity index (χ1) is 9.60. The molecule has 4 nitrogen and oxygen atoms in total. The molecule has 1 heterocycles. The summed E-state index contributed by atoms with van der Waals surface area (Å²) in [6.45, 7) is 1.22. The lowest BCUT2D eigenvalue weighted by Crippen LogP contribution is -2.24. The molecule has 7 heteroatoms. The van der Waals surface area contributed by atoms with Gasteiger partial charge in [-0.2, -0.15) is 11.8 Å². The molecule has 116 valence electrons. The van der Waals surface area contributed by atoms with Crippen LogP contribution in [0.5, 0.6) is 0 Å². The second-order valence-electron chi connectivity index (χ2n) is 4.61. The third-order valence-electron chi connectivity index (χ3n) is 2.84. The Balaban J connectivity index is 2.30. The molecule has 0 atom stereocenters. The zero-order valence-corrected chi connectivity index (χ0v) is 14.6. The Labute approximate surface area is 130 Å². The number of thiophene rings is 1. The molecule has 20 heavy (non-hydrogen) atoms. The van der Waals surface area contributed by atoms with E-state index >= 15 is 0 Å². The second-order valence-corrected chi connectivity index (χ2v) is 8.50. The molecule has 0 radical (unpaired) electrons. The summed E-state index contributed by atoms with van der Waals surface area (Å²) in [7, 11) is -1.47. The highest BCUT2D eigenvalue weighted by atomic mass is 32.2. The average molecular weight is 337 g/mol. The summed E-state index contributed by atoms with van der Waals surface area (Å²) in [5.74, 6) is 1.19. The van der Waals surface area contributed by atoms with Gasteiger partial charge in [0.25, 0.3) is 0 Å². The fourth-order valence-electron chi connectivity index (χ4n) is 1.79. The summed E-state index contributed by atoms with van der Waals surface area (Å²) >= 11 is 3.14. The van der Waals surface area contributed by atoms with Crippen molar-refractivity contribution in [3.63, 3.8) is 0 Å². The summed E-state index contributed by atoms with van der Waals surface area (Å²) in [5.41, 5.74) is 1.01. The highest BCUT2D eigenvalue weighted by Gasteiger charge is 2.15. The van der Waals surface area contributed by atoms with Crippen molar-refractivity contribution in [2.24, 2.45) is 0 Å². The van der Waals surface area contributed by atoms with Crippen LogP contribution in [0.1, 0.15) is 31.2 Å². The fourth-order valence-corrected chi connectivity index (χ4v) is 4.61. The molecule has 0 aliphatic carbocycles. The van der Waals surface area contributed by atoms with Gasteiger partial charge < -0.3 is 5.32 Å². The van der Waals surface area contributed by atoms with Gasteiger partial charge in [-0.3, -0.25) is 0 Å². The average Bonchev–Trinajstić information content (AvgIpc) is 2.88. The Kier molecular flexibility index (Phi) is 8.79. The Hall–Kier alpha value is -0.0800. The smallest absolute Gasteiger partial charge is 0.250 e. The zero-order chi connectivity index (χ0) is 14.8. The lowest BCUT2D eigenvalue weighted by molar-refractivity contribution is 0.575. The van der Waals surface area contributed by atoms with Gasteiger partial charge in [0, 0.05) is 13.1 Å². The summed E-state index contributed by atoms with van der Waals surface area (Å²) < 4.78 is 27.2. The van der Waals surface area contributed by atoms with Crippen LogP contribution < -0.4 is 10.0 Å². The van der Waals surface area contributed by atoms with Gasteiger partial charge in [0.1, 0.15) is 4.21 Å². The Morgan fingerprint density at radius 1 is 1.25 bits per heavy atom. The second kappa shape index (κ2) is 9.78. The molecule has 0 unspecified atom stereocenters. The third kappa shape index (κ3) is 6.58. The molecular formula is C13H24N2O2S3. The van der Waals surface area contributed by atoms with Crippen molar-refractivity contribution >= 4 is 33.1 Å². The van der Waals surface area contributed by atoms with Gasteiger partial charge in [-0.1, -0.05) is 12.8 Å². The monoisotopic (exact) mass is 336 g/mol. The van der Waals surface area contributed by atoms with Gasteiger partial charge in [0.05, 0.1) is 0 Å². The molecule has 2 N–H and O–H groups in total. The number of hydrogen-bond donors (Lipinski definition) is 2. The zero-order valence-electron chi connectivity index (χ0n) is 12.1. The molecule has 0 aliphatic rings. The number of sulfonamides is 1. The Bertz CT molecular complexity index is 472. The standard InChI is InChI=1S/C13H24N2O2S3/c1-14-10-12-9-13(19-11-12)20(16,17)15-7-5-3-4-6-8-18-2/h9,11,14-15H,3-8,10H2,1-2H3. The third-order valence-corrected chi connectivity index (χ3v) is 6.49. The summed E-state index contributed by atoms with van der Waals surface area (Å²) in [5, 5.41) is 4.90. The van der Waals surface area contributed by atoms with E-state index < -0.39 is 10.0 Å². The maximum atomic E-state index is 12.1. The molecule has 0 spiro atoms. The molecule has 0 fully saturated rings. The van der Waals surface area contributed by atoms with Crippen molar-refractivity contribution in [1.29, 1.82) is 0 Å². The van der Waals surface area contributed by atoms with Crippen LogP contribution in [0.15, 0.2) is 15.7 Å². The van der Waals surface area contributed by atoms with E-state index in [0.717, 1.165) is 18.4 Å². The number of thioether (sulfide) groups is 1. The maximum Gasteiger partial charge on any atom is 0.250 e. The van der Waals surface area contributed by atoms with E-state index in [1.165, 1.54) is 29.9 Å². The molecule has 0 amide bonds. The predicted octanol–water partition coefficient (Wildman–Crippen LogP) is 2.67. The number of hydrogen-bond acceptors (Lipinski definition) is 5. The minimum Gasteiger partial charge on any atom is -0.316 e. The number of unbranched alkanes of at least 4 members (excludes halogenated alkanes) is 3. The van der Waals surface area contributed by atoms with Crippen LogP contribution in [-0.2, 0) is 16.6 Å². The van der Waals surface area contributed by atoms with Crippen molar-refractivity contribution < 1.29 is 8.42 Å². The van der Waals surface area contributed by atoms with Gasteiger partial charge in [0.15, 0.2) is 0 Å². The van der Waals surface area contributed by atoms with Crippen molar-refractivity contribution in [3.8, 4) is 0 Å². The first-order valence-corrected chi connectivity index (χ1v) is 10.6. The van der Waals surface area contributed by atoms with Gasteiger partial charge in [0.2, 0.25) is 10.0 Å². The van der Waals surface area contributed by atoms with Crippen molar-refractivity contribution in [2.45, 2.75) is 36.4 Å². The normalized spacial score (nSPS) is 11.9. The number of rotatable bonds is 11. The predicted molar refractivity (Wildman–Crippen MR) is 89.1 cm³/mol. The Morgan fingerprint density at radius 3 is 2.70 bits per heavy atom. The van der Waals surface area contributed by atoms with E-state index in [4.69, 9.17) is 0 Å². The highest BCUT2D eigenvalue weighted by Crippen LogP contribution is 2.20. The van der Waals surface area contributed by atoms with Gasteiger partial charge in [-0.05, 0) is 48.9 Å². The van der Waals surface area contributed by atoms with Gasteiger partial charge in [-0.15, -0.1) is 11.3 Å². The molecular weight excluding hydrogens is 312 g/mol. The van der Waals surface area contributed by atoms with Gasteiger partial charge >= 0.3 is 0 Å². The van der Waals surface area contributed by atoms with E-state index in [1.54, 1.807) is 6.07 Å². The quantitative estimate of drug-likeness (QED) is 0.610. The minimum atomic E-state index is -3.32. The molecule has 1 aromatic heterocycles. The number of nitrogens with one attached hydrogen (secondary N) is 2. The van der Waals surface area contributed by atoms with E-state index in [1.807, 2.05) is 24.2 Å². The molecule has 0 aromatic carbocycles. The van der Waals surface area contributed by atoms with Crippen LogP contribution in [0.3, 0.4) is 0 Å². The van der Waals surface area contributed by atoms with Crippen molar-refractivity contribution in [3.05, 3.63) is 17.0 Å². The first kappa shape index (κ1) is 18.0. The summed E-state index contributed by atoms with van der Waals surface area (Å²) in [6.07, 6.45) is 6.48. The van der Waals surface area contributed by atoms with Crippen molar-refractivity contribution in [2.75, 3.05) is 25.6 Å². The molecule has 0 bridgehead atoms. The van der Waals surface area contributed by atoms with Crippen LogP contribution in [0.25, 0.3) is 0 Å². The largest absolute Gasteiger partial charge is 0.316 e. The lowest BCUT2D eigenvalue weighted by Gasteiger charge is -2.04. The van der Waals surface area contributed by atoms with E-state index in [2.05, 4.69) is 16.3 Å². The molecule has 0 saturated carbocycles. The van der Waals surface area contributed by atoms with E-state index in [0.29, 0.717) is 17.3 Å². The summed E-state index contributed by atoms with van der Waals surface area (Å²) in [6, 6.07) is 1.74. The molecule has 1 rings (SSSR count). The first-order valence-electron chi connectivity index (χ1n) is 6.81. The SMILES string of the molecule is CNCc1csc(S(=O)(=O)NCCCCCCSC)c1. The highest BCUT2D eigenvalue weighted by molar-refractivity contribution is 7.98. The van der Waals surface area contributed by atoms with Crippen LogP contribution in [0.2, 0.25) is 0 Å². The van der Waals surface area contributed by atoms with Crippen molar-refractivity contribution in [1.82, 2.24) is 10.0 Å². The minimum absolute atomic E-state index is 0.408. The van der Waals surface area contributed by atoms with Crippen LogP contribution in [-0.4, -0.2) is 34.0 Å². The fraction of sp³-hybridized carbons (Fsp3) is 0.692. The van der Waals surface area contributed by atoms with E-state index in [9.17, 15) is 8.42 Å². The molecule has 1 aromatic rings. The van der Waals surface area contributed by atoms with Gasteiger partial charge in [-0.25, -0.2) is 13.1 Å². The lowest BCUT2D eigenvalue weighted by atomic mass is 10.2. The van der Waals surface area contributed by atoms with Crippen LogP contribution >= 0.6 is 23.1 Å². The summed E-state index contributed by atoms with van der Waals surface area (Å²) in [4.78, 5) is 0. The molecule has 0 saturated heterocycles. The maximum absolute atomic E-state index is 12.1. The van der Waals surface area contributed by atoms with Crippen LogP contribution in [0.4, 0.5) is 0 Å². The van der Waals surface area contributed by atoms with E-state index in [-0.39, 0.29) is 0 Å².